The highest BCUT2D eigenvalue weighted by atomic mass is 15.2. The van der Waals surface area contributed by atoms with Crippen molar-refractivity contribution < 1.29 is 0 Å². The van der Waals surface area contributed by atoms with Crippen LogP contribution in [0.5, 0.6) is 0 Å². The van der Waals surface area contributed by atoms with E-state index in [-0.39, 0.29) is 6.04 Å². The van der Waals surface area contributed by atoms with E-state index >= 15 is 0 Å². The van der Waals surface area contributed by atoms with Gasteiger partial charge in [0.05, 0.1) is 11.2 Å². The van der Waals surface area contributed by atoms with Gasteiger partial charge in [-0.1, -0.05) is 25.1 Å². The molecule has 0 fully saturated rings. The first kappa shape index (κ1) is 13.8. The topological polar surface area (TPSA) is 42.7 Å². The van der Waals surface area contributed by atoms with Crippen molar-refractivity contribution in [2.75, 3.05) is 6.54 Å². The Kier molecular flexibility index (Phi) is 3.97. The fourth-order valence-electron chi connectivity index (χ4n) is 2.75. The molecule has 0 aliphatic heterocycles. The monoisotopic (exact) mass is 280 g/mol. The molecule has 108 valence electrons. The highest BCUT2D eigenvalue weighted by Crippen LogP contribution is 2.25. The molecule has 4 heteroatoms. The predicted octanol–water partition coefficient (Wildman–Crippen LogP) is 2.86. The first-order valence-corrected chi connectivity index (χ1v) is 7.33. The van der Waals surface area contributed by atoms with Crippen LogP contribution in [0.3, 0.4) is 0 Å². The average Bonchev–Trinajstić information content (AvgIpc) is 2.91. The van der Waals surface area contributed by atoms with Crippen LogP contribution in [0.15, 0.2) is 48.8 Å². The molecule has 4 nitrogen and oxygen atoms in total. The molecule has 2 heterocycles. The van der Waals surface area contributed by atoms with E-state index < -0.39 is 0 Å². The van der Waals surface area contributed by atoms with Gasteiger partial charge in [-0.25, -0.2) is 0 Å². The van der Waals surface area contributed by atoms with Crippen LogP contribution >= 0.6 is 0 Å². The van der Waals surface area contributed by atoms with Crippen molar-refractivity contribution in [3.8, 4) is 0 Å². The van der Waals surface area contributed by atoms with Gasteiger partial charge in [-0.05, 0) is 30.3 Å². The van der Waals surface area contributed by atoms with Crippen LogP contribution in [0.1, 0.15) is 24.2 Å². The molecule has 1 aromatic carbocycles. The lowest BCUT2D eigenvalue weighted by Crippen LogP contribution is -2.23. The Bertz CT molecular complexity index is 727. The van der Waals surface area contributed by atoms with E-state index in [0.717, 1.165) is 24.2 Å². The van der Waals surface area contributed by atoms with Gasteiger partial charge < -0.3 is 5.32 Å². The Morgan fingerprint density at radius 1 is 1.19 bits per heavy atom. The van der Waals surface area contributed by atoms with Gasteiger partial charge in [0.25, 0.3) is 0 Å². The van der Waals surface area contributed by atoms with Crippen LogP contribution in [-0.4, -0.2) is 21.3 Å². The van der Waals surface area contributed by atoms with Gasteiger partial charge in [0.15, 0.2) is 0 Å². The fraction of sp³-hybridized carbons (Fsp3) is 0.294. The molecule has 0 saturated heterocycles. The minimum atomic E-state index is 0.248. The second-order valence-corrected chi connectivity index (χ2v) is 5.21. The number of nitrogens with zero attached hydrogens (tertiary/aromatic N) is 3. The van der Waals surface area contributed by atoms with Crippen molar-refractivity contribution in [1.82, 2.24) is 20.1 Å². The van der Waals surface area contributed by atoms with Crippen LogP contribution < -0.4 is 5.32 Å². The molecular weight excluding hydrogens is 260 g/mol. The molecule has 0 bridgehead atoms. The van der Waals surface area contributed by atoms with Gasteiger partial charge in [0.1, 0.15) is 0 Å². The van der Waals surface area contributed by atoms with E-state index in [9.17, 15) is 0 Å². The number of aromatic nitrogens is 3. The van der Waals surface area contributed by atoms with Crippen molar-refractivity contribution in [3.63, 3.8) is 0 Å². The van der Waals surface area contributed by atoms with E-state index in [1.54, 1.807) is 0 Å². The van der Waals surface area contributed by atoms with Crippen molar-refractivity contribution in [3.05, 3.63) is 60.0 Å². The van der Waals surface area contributed by atoms with Gasteiger partial charge in [0.2, 0.25) is 0 Å². The number of pyridine rings is 1. The summed E-state index contributed by atoms with van der Waals surface area (Å²) in [6.07, 6.45) is 4.71. The third kappa shape index (κ3) is 2.95. The fourth-order valence-corrected chi connectivity index (χ4v) is 2.75. The van der Waals surface area contributed by atoms with E-state index in [1.807, 2.05) is 30.2 Å². The molecule has 0 radical (unpaired) electrons. The Hall–Kier alpha value is -2.20. The zero-order chi connectivity index (χ0) is 14.7. The second kappa shape index (κ2) is 6.06. The van der Waals surface area contributed by atoms with Gasteiger partial charge in [-0.3, -0.25) is 9.67 Å². The first-order valence-electron chi connectivity index (χ1n) is 7.33. The quantitative estimate of drug-likeness (QED) is 0.781. The van der Waals surface area contributed by atoms with E-state index in [2.05, 4.69) is 52.7 Å². The first-order chi connectivity index (χ1) is 10.3. The number of fused-ring (bicyclic) bond motifs is 1. The number of nitrogens with one attached hydrogen (secondary N) is 1. The molecule has 1 unspecified atom stereocenters. The predicted molar refractivity (Wildman–Crippen MR) is 85.1 cm³/mol. The normalized spacial score (nSPS) is 12.7. The highest BCUT2D eigenvalue weighted by Gasteiger charge is 2.15. The van der Waals surface area contributed by atoms with Crippen molar-refractivity contribution in [1.29, 1.82) is 0 Å². The van der Waals surface area contributed by atoms with Crippen molar-refractivity contribution >= 4 is 10.9 Å². The SMILES string of the molecule is CCNC(Cc1ccn(C)n1)c1cccc2ncccc12. The molecule has 3 aromatic rings. The van der Waals surface area contributed by atoms with Crippen LogP contribution in [0.25, 0.3) is 10.9 Å². The lowest BCUT2D eigenvalue weighted by molar-refractivity contribution is 0.543. The number of hydrogen-bond donors (Lipinski definition) is 1. The summed E-state index contributed by atoms with van der Waals surface area (Å²) in [7, 11) is 1.95. The van der Waals surface area contributed by atoms with Crippen LogP contribution in [0, 0.1) is 0 Å². The summed E-state index contributed by atoms with van der Waals surface area (Å²) in [5.74, 6) is 0. The third-order valence-corrected chi connectivity index (χ3v) is 3.69. The van der Waals surface area contributed by atoms with E-state index in [4.69, 9.17) is 0 Å². The highest BCUT2D eigenvalue weighted by molar-refractivity contribution is 5.82. The lowest BCUT2D eigenvalue weighted by atomic mass is 9.97. The zero-order valence-electron chi connectivity index (χ0n) is 12.5. The summed E-state index contributed by atoms with van der Waals surface area (Å²) in [4.78, 5) is 4.45. The van der Waals surface area contributed by atoms with Gasteiger partial charge in [0, 0.05) is 37.3 Å². The number of likely N-dealkylation sites (N-methyl/N-ethyl adjacent to an activating group) is 1. The van der Waals surface area contributed by atoms with E-state index in [0.29, 0.717) is 0 Å². The van der Waals surface area contributed by atoms with Crippen LogP contribution in [0.2, 0.25) is 0 Å². The maximum atomic E-state index is 4.50. The molecule has 3 rings (SSSR count). The molecule has 0 aliphatic rings. The molecule has 2 aromatic heterocycles. The third-order valence-electron chi connectivity index (χ3n) is 3.69. The zero-order valence-corrected chi connectivity index (χ0v) is 12.5. The minimum Gasteiger partial charge on any atom is -0.310 e. The van der Waals surface area contributed by atoms with Crippen LogP contribution in [0.4, 0.5) is 0 Å². The molecule has 21 heavy (non-hydrogen) atoms. The molecule has 0 saturated carbocycles. The molecule has 0 amide bonds. The molecule has 0 aliphatic carbocycles. The Morgan fingerprint density at radius 2 is 2.10 bits per heavy atom. The summed E-state index contributed by atoms with van der Waals surface area (Å²) in [5.41, 5.74) is 3.43. The number of rotatable bonds is 5. The Morgan fingerprint density at radius 3 is 2.86 bits per heavy atom. The molecule has 0 spiro atoms. The van der Waals surface area contributed by atoms with Gasteiger partial charge >= 0.3 is 0 Å². The largest absolute Gasteiger partial charge is 0.310 e. The number of hydrogen-bond acceptors (Lipinski definition) is 3. The van der Waals surface area contributed by atoms with Gasteiger partial charge in [-0.15, -0.1) is 0 Å². The summed E-state index contributed by atoms with van der Waals surface area (Å²) in [6, 6.07) is 12.8. The summed E-state index contributed by atoms with van der Waals surface area (Å²) < 4.78 is 1.85. The standard InChI is InChI=1S/C17H20N4/c1-3-18-17(12-13-9-11-21(2)20-13)15-6-4-8-16-14(15)7-5-10-19-16/h4-11,17-18H,3,12H2,1-2H3. The number of aryl methyl sites for hydroxylation is 1. The summed E-state index contributed by atoms with van der Waals surface area (Å²) in [5, 5.41) is 9.28. The maximum absolute atomic E-state index is 4.50. The number of benzene rings is 1. The smallest absolute Gasteiger partial charge is 0.0705 e. The maximum Gasteiger partial charge on any atom is 0.0705 e. The van der Waals surface area contributed by atoms with E-state index in [1.165, 1.54) is 10.9 Å². The minimum absolute atomic E-state index is 0.248. The van der Waals surface area contributed by atoms with Gasteiger partial charge in [-0.2, -0.15) is 5.10 Å². The lowest BCUT2D eigenvalue weighted by Gasteiger charge is -2.19. The summed E-state index contributed by atoms with van der Waals surface area (Å²) >= 11 is 0. The Labute approximate surface area is 124 Å². The molecule has 1 atom stereocenters. The van der Waals surface area contributed by atoms with Crippen molar-refractivity contribution in [2.24, 2.45) is 7.05 Å². The van der Waals surface area contributed by atoms with Crippen LogP contribution in [-0.2, 0) is 13.5 Å². The summed E-state index contributed by atoms with van der Waals surface area (Å²) in [6.45, 7) is 3.06. The van der Waals surface area contributed by atoms with Crippen molar-refractivity contribution in [2.45, 2.75) is 19.4 Å². The molecule has 1 N–H and O–H groups in total. The second-order valence-electron chi connectivity index (χ2n) is 5.21. The molecular formula is C17H20N4. The Balaban J connectivity index is 1.98. The average molecular weight is 280 g/mol.